The van der Waals surface area contributed by atoms with E-state index in [1.165, 1.54) is 4.90 Å². The van der Waals surface area contributed by atoms with Gasteiger partial charge in [0.2, 0.25) is 11.8 Å². The minimum Gasteiger partial charge on any atom is -0.497 e. The molecule has 1 unspecified atom stereocenters. The van der Waals surface area contributed by atoms with E-state index in [2.05, 4.69) is 0 Å². The van der Waals surface area contributed by atoms with Crippen LogP contribution in [0.25, 0.3) is 0 Å². The Kier molecular flexibility index (Phi) is 7.19. The summed E-state index contributed by atoms with van der Waals surface area (Å²) in [6, 6.07) is 15.2. The first-order valence-corrected chi connectivity index (χ1v) is 14.6. The Labute approximate surface area is 246 Å². The van der Waals surface area contributed by atoms with Gasteiger partial charge in [0.25, 0.3) is 5.91 Å². The van der Waals surface area contributed by atoms with E-state index in [0.29, 0.717) is 30.9 Å². The van der Waals surface area contributed by atoms with Crippen molar-refractivity contribution in [3.63, 3.8) is 0 Å². The van der Waals surface area contributed by atoms with E-state index in [4.69, 9.17) is 9.47 Å². The highest BCUT2D eigenvalue weighted by molar-refractivity contribution is 6.06. The van der Waals surface area contributed by atoms with Gasteiger partial charge in [0.1, 0.15) is 17.4 Å². The van der Waals surface area contributed by atoms with Crippen molar-refractivity contribution in [3.05, 3.63) is 84.5 Å². The molecule has 6 atom stereocenters. The van der Waals surface area contributed by atoms with Gasteiger partial charge in [-0.05, 0) is 43.2 Å². The number of benzene rings is 2. The number of fused-ring (bicyclic) bond motifs is 2. The van der Waals surface area contributed by atoms with Gasteiger partial charge in [-0.2, -0.15) is 0 Å². The van der Waals surface area contributed by atoms with Crippen LogP contribution in [0.2, 0.25) is 0 Å². The summed E-state index contributed by atoms with van der Waals surface area (Å²) in [7, 11) is 1.58. The van der Waals surface area contributed by atoms with Gasteiger partial charge in [-0.1, -0.05) is 61.6 Å². The normalized spacial score (nSPS) is 31.0. The largest absolute Gasteiger partial charge is 0.497 e. The molecule has 4 heterocycles. The number of methoxy groups -OCH3 is 1. The molecule has 1 spiro atoms. The van der Waals surface area contributed by atoms with Crippen LogP contribution < -0.4 is 9.64 Å². The van der Waals surface area contributed by atoms with Crippen LogP contribution in [0.3, 0.4) is 0 Å². The van der Waals surface area contributed by atoms with E-state index in [-0.39, 0.29) is 30.9 Å². The van der Waals surface area contributed by atoms with Crippen LogP contribution in [-0.4, -0.2) is 82.7 Å². The Morgan fingerprint density at radius 3 is 2.33 bits per heavy atom. The summed E-state index contributed by atoms with van der Waals surface area (Å²) < 4.78 is 12.3. The maximum absolute atomic E-state index is 14.5. The van der Waals surface area contributed by atoms with Crippen LogP contribution in [0, 0.1) is 11.8 Å². The molecule has 2 fully saturated rings. The zero-order chi connectivity index (χ0) is 29.6. The molecule has 2 aromatic rings. The summed E-state index contributed by atoms with van der Waals surface area (Å²) in [6.07, 6.45) is 8.03. The minimum absolute atomic E-state index is 0.171. The average molecular weight is 572 g/mol. The first kappa shape index (κ1) is 28.2. The fourth-order valence-corrected chi connectivity index (χ4v) is 7.25. The van der Waals surface area contributed by atoms with Gasteiger partial charge in [-0.15, -0.1) is 0 Å². The number of amides is 3. The van der Waals surface area contributed by atoms with Crippen molar-refractivity contribution in [2.24, 2.45) is 11.8 Å². The second-order valence-corrected chi connectivity index (χ2v) is 11.6. The molecule has 2 aromatic carbocycles. The van der Waals surface area contributed by atoms with E-state index in [9.17, 15) is 19.5 Å². The fourth-order valence-electron chi connectivity index (χ4n) is 7.25. The smallest absolute Gasteiger partial charge is 0.253 e. The van der Waals surface area contributed by atoms with Crippen molar-refractivity contribution in [2.75, 3.05) is 31.7 Å². The van der Waals surface area contributed by atoms with Crippen molar-refractivity contribution in [3.8, 4) is 5.75 Å². The molecule has 0 aromatic heterocycles. The van der Waals surface area contributed by atoms with Crippen LogP contribution >= 0.6 is 0 Å². The van der Waals surface area contributed by atoms with Gasteiger partial charge in [-0.25, -0.2) is 0 Å². The Balaban J connectivity index is 1.45. The lowest BCUT2D eigenvalue weighted by Gasteiger charge is -2.40. The first-order valence-electron chi connectivity index (χ1n) is 14.6. The van der Waals surface area contributed by atoms with E-state index in [1.54, 1.807) is 48.1 Å². The number of hydrogen-bond donors (Lipinski definition) is 1. The Bertz CT molecular complexity index is 1430. The molecule has 0 radical (unpaired) electrons. The van der Waals surface area contributed by atoms with Gasteiger partial charge in [-0.3, -0.25) is 14.4 Å². The lowest BCUT2D eigenvalue weighted by atomic mass is 9.73. The van der Waals surface area contributed by atoms with Crippen molar-refractivity contribution in [1.82, 2.24) is 9.80 Å². The summed E-state index contributed by atoms with van der Waals surface area (Å²) in [5, 5.41) is 10.2. The van der Waals surface area contributed by atoms with Gasteiger partial charge in [0.15, 0.2) is 0 Å². The molecular formula is C33H37N3O6. The van der Waals surface area contributed by atoms with E-state index >= 15 is 0 Å². The van der Waals surface area contributed by atoms with E-state index in [0.717, 1.165) is 5.56 Å². The van der Waals surface area contributed by atoms with Gasteiger partial charge in [0, 0.05) is 25.3 Å². The molecule has 1 N–H and O–H groups in total. The molecule has 220 valence electrons. The quantitative estimate of drug-likeness (QED) is 0.513. The average Bonchev–Trinajstić information content (AvgIpc) is 3.32. The van der Waals surface area contributed by atoms with Crippen molar-refractivity contribution in [2.45, 2.75) is 50.1 Å². The molecule has 9 heteroatoms. The Morgan fingerprint density at radius 2 is 1.67 bits per heavy atom. The third-order valence-corrected chi connectivity index (χ3v) is 9.30. The standard InChI is InChI=1S/C33H37N3O6/c1-4-32-16-8-18-34(20-23-10-6-5-7-11-23)29(38)26(32)27-30(39)36(22(2)21-37)28-31(40)35(19-9-17-33(27,28)42-32)24-12-14-25(41-3)15-13-24/h5-17,22,26-28,37H,4,18-21H2,1-3H3/t22-,26+,27+,28?,32-,33+/m1/s1. The van der Waals surface area contributed by atoms with Crippen molar-refractivity contribution >= 4 is 23.4 Å². The molecule has 2 saturated heterocycles. The number of rotatable bonds is 7. The zero-order valence-corrected chi connectivity index (χ0v) is 24.2. The van der Waals surface area contributed by atoms with Crippen LogP contribution in [0.4, 0.5) is 5.69 Å². The summed E-state index contributed by atoms with van der Waals surface area (Å²) >= 11 is 0. The predicted molar refractivity (Wildman–Crippen MR) is 156 cm³/mol. The summed E-state index contributed by atoms with van der Waals surface area (Å²) in [6.45, 7) is 4.40. The SMILES string of the molecule is CC[C@@]12C=CCN(Cc3ccccc3)C(=O)[C@@H]1[C@H]1C(=O)N([C@H](C)CO)C3C(=O)N(c4ccc(OC)cc4)CC=C[C@@]31O2. The predicted octanol–water partition coefficient (Wildman–Crippen LogP) is 2.94. The fraction of sp³-hybridized carbons (Fsp3) is 0.424. The molecule has 9 nitrogen and oxygen atoms in total. The molecular weight excluding hydrogens is 534 g/mol. The lowest BCUT2D eigenvalue weighted by molar-refractivity contribution is -0.152. The van der Waals surface area contributed by atoms with E-state index in [1.807, 2.05) is 61.6 Å². The number of carbonyl (C=O) groups is 3. The molecule has 42 heavy (non-hydrogen) atoms. The van der Waals surface area contributed by atoms with E-state index < -0.39 is 35.1 Å². The number of aliphatic hydroxyl groups is 1. The monoisotopic (exact) mass is 571 g/mol. The molecule has 0 bridgehead atoms. The third kappa shape index (κ3) is 4.17. The number of aliphatic hydroxyl groups excluding tert-OH is 1. The van der Waals surface area contributed by atoms with Crippen LogP contribution in [0.5, 0.6) is 5.75 Å². The molecule has 4 aliphatic heterocycles. The second-order valence-electron chi connectivity index (χ2n) is 11.6. The number of likely N-dealkylation sites (tertiary alicyclic amines) is 1. The topological polar surface area (TPSA) is 99.6 Å². The maximum Gasteiger partial charge on any atom is 0.253 e. The molecule has 4 aliphatic rings. The number of nitrogens with zero attached hydrogens (tertiary/aromatic N) is 3. The highest BCUT2D eigenvalue weighted by Crippen LogP contribution is 2.59. The van der Waals surface area contributed by atoms with Gasteiger partial charge < -0.3 is 29.3 Å². The van der Waals surface area contributed by atoms with Crippen LogP contribution in [0.15, 0.2) is 78.9 Å². The third-order valence-electron chi connectivity index (χ3n) is 9.30. The first-order chi connectivity index (χ1) is 20.3. The second kappa shape index (κ2) is 10.7. The van der Waals surface area contributed by atoms with Gasteiger partial charge in [0.05, 0.1) is 37.2 Å². The molecule has 6 rings (SSSR count). The molecule has 0 aliphatic carbocycles. The lowest BCUT2D eigenvalue weighted by Crippen LogP contribution is -2.58. The number of carbonyl (C=O) groups excluding carboxylic acids is 3. The number of hydrogen-bond acceptors (Lipinski definition) is 6. The summed E-state index contributed by atoms with van der Waals surface area (Å²) in [4.78, 5) is 48.3. The van der Waals surface area contributed by atoms with Gasteiger partial charge >= 0.3 is 0 Å². The zero-order valence-electron chi connectivity index (χ0n) is 24.2. The maximum atomic E-state index is 14.5. The summed E-state index contributed by atoms with van der Waals surface area (Å²) in [5.74, 6) is -1.94. The molecule has 3 amide bonds. The summed E-state index contributed by atoms with van der Waals surface area (Å²) in [5.41, 5.74) is -0.801. The molecule has 0 saturated carbocycles. The number of ether oxygens (including phenoxy) is 2. The minimum atomic E-state index is -1.38. The number of anilines is 1. The Morgan fingerprint density at radius 1 is 0.952 bits per heavy atom. The van der Waals surface area contributed by atoms with Crippen LogP contribution in [-0.2, 0) is 25.7 Å². The highest BCUT2D eigenvalue weighted by atomic mass is 16.5. The van der Waals surface area contributed by atoms with Crippen LogP contribution in [0.1, 0.15) is 25.8 Å². The van der Waals surface area contributed by atoms with Crippen molar-refractivity contribution in [1.29, 1.82) is 0 Å². The Hall–Kier alpha value is -3.95. The van der Waals surface area contributed by atoms with Crippen molar-refractivity contribution < 1.29 is 29.0 Å². The highest BCUT2D eigenvalue weighted by Gasteiger charge is 2.75.